The Kier molecular flexibility index (Phi) is 5.27. The van der Waals surface area contributed by atoms with Gasteiger partial charge in [0.2, 0.25) is 0 Å². The van der Waals surface area contributed by atoms with Gasteiger partial charge in [-0.05, 0) is 84.3 Å². The molecule has 1 nitrogen and oxygen atoms in total. The number of fused-ring (bicyclic) bond motifs is 11. The summed E-state index contributed by atoms with van der Waals surface area (Å²) in [5, 5.41) is 5.06. The summed E-state index contributed by atoms with van der Waals surface area (Å²) in [5.74, 6) is 1.83. The molecular weight excluding hydrogens is 556 g/mol. The van der Waals surface area contributed by atoms with E-state index in [4.69, 9.17) is 4.74 Å². The summed E-state index contributed by atoms with van der Waals surface area (Å²) in [6, 6.07) is 61.9. The molecule has 2 aliphatic rings. The van der Waals surface area contributed by atoms with Crippen LogP contribution < -0.4 is 4.74 Å². The second-order valence-corrected chi connectivity index (χ2v) is 12.4. The quantitative estimate of drug-likeness (QED) is 0.184. The lowest BCUT2D eigenvalue weighted by Gasteiger charge is -2.39. The van der Waals surface area contributed by atoms with Gasteiger partial charge in [-0.25, -0.2) is 0 Å². The average molecular weight is 585 g/mol. The highest BCUT2D eigenvalue weighted by Crippen LogP contribution is 2.62. The van der Waals surface area contributed by atoms with Crippen molar-refractivity contribution in [2.24, 2.45) is 0 Å². The molecule has 1 heteroatoms. The maximum absolute atomic E-state index is 6.58. The Morgan fingerprint density at radius 3 is 1.39 bits per heavy atom. The lowest BCUT2D eigenvalue weighted by molar-refractivity contribution is 0.436. The van der Waals surface area contributed by atoms with E-state index in [1.165, 1.54) is 77.2 Å². The molecule has 8 aromatic rings. The predicted octanol–water partition coefficient (Wildman–Crippen LogP) is 11.8. The first-order valence-electron chi connectivity index (χ1n) is 15.9. The monoisotopic (exact) mass is 584 g/mol. The summed E-state index contributed by atoms with van der Waals surface area (Å²) in [5.41, 5.74) is 12.1. The molecule has 0 radical (unpaired) electrons. The number of hydrogen-bond acceptors (Lipinski definition) is 1. The van der Waals surface area contributed by atoms with Crippen molar-refractivity contribution in [2.45, 2.75) is 5.41 Å². The fourth-order valence-electron chi connectivity index (χ4n) is 8.36. The Bertz CT molecular complexity index is 2400. The lowest BCUT2D eigenvalue weighted by Crippen LogP contribution is -2.32. The molecule has 0 unspecified atom stereocenters. The van der Waals surface area contributed by atoms with E-state index in [1.54, 1.807) is 0 Å². The van der Waals surface area contributed by atoms with Crippen molar-refractivity contribution < 1.29 is 4.74 Å². The van der Waals surface area contributed by atoms with Crippen LogP contribution in [0.4, 0.5) is 0 Å². The summed E-state index contributed by atoms with van der Waals surface area (Å²) >= 11 is 0. The molecule has 0 saturated carbocycles. The third-order valence-electron chi connectivity index (χ3n) is 10.1. The summed E-state index contributed by atoms with van der Waals surface area (Å²) < 4.78 is 6.58. The lowest BCUT2D eigenvalue weighted by atomic mass is 9.66. The first-order valence-corrected chi connectivity index (χ1v) is 15.9. The van der Waals surface area contributed by atoms with Gasteiger partial charge in [-0.3, -0.25) is 0 Å². The molecule has 1 aliphatic carbocycles. The minimum atomic E-state index is -0.497. The van der Waals surface area contributed by atoms with Gasteiger partial charge in [0.15, 0.2) is 0 Å². The van der Waals surface area contributed by atoms with Crippen LogP contribution >= 0.6 is 0 Å². The van der Waals surface area contributed by atoms with E-state index in [0.717, 1.165) is 11.5 Å². The third-order valence-corrected chi connectivity index (χ3v) is 10.1. The molecular formula is C45H28O. The van der Waals surface area contributed by atoms with Gasteiger partial charge in [-0.2, -0.15) is 0 Å². The van der Waals surface area contributed by atoms with E-state index in [-0.39, 0.29) is 0 Å². The van der Waals surface area contributed by atoms with E-state index in [9.17, 15) is 0 Å². The smallest absolute Gasteiger partial charge is 0.132 e. The number of rotatable bonds is 2. The minimum Gasteiger partial charge on any atom is -0.457 e. The van der Waals surface area contributed by atoms with Gasteiger partial charge in [0.25, 0.3) is 0 Å². The minimum absolute atomic E-state index is 0.497. The van der Waals surface area contributed by atoms with Gasteiger partial charge in [-0.15, -0.1) is 0 Å². The van der Waals surface area contributed by atoms with Crippen LogP contribution in [0.15, 0.2) is 170 Å². The maximum atomic E-state index is 6.58. The van der Waals surface area contributed by atoms with Crippen molar-refractivity contribution in [1.82, 2.24) is 0 Å². The van der Waals surface area contributed by atoms with Crippen LogP contribution in [0, 0.1) is 0 Å². The molecule has 0 N–H and O–H groups in total. The second kappa shape index (κ2) is 9.54. The Morgan fingerprint density at radius 1 is 0.326 bits per heavy atom. The molecule has 0 saturated heterocycles. The van der Waals surface area contributed by atoms with E-state index in [1.807, 2.05) is 0 Å². The van der Waals surface area contributed by atoms with E-state index >= 15 is 0 Å². The Hall–Kier alpha value is -5.92. The van der Waals surface area contributed by atoms with Gasteiger partial charge in [0, 0.05) is 11.1 Å². The van der Waals surface area contributed by atoms with Crippen LogP contribution in [0.3, 0.4) is 0 Å². The molecule has 0 atom stereocenters. The summed E-state index contributed by atoms with van der Waals surface area (Å²) in [6.07, 6.45) is 0. The summed E-state index contributed by atoms with van der Waals surface area (Å²) in [6.45, 7) is 0. The Balaban J connectivity index is 1.34. The van der Waals surface area contributed by atoms with E-state index in [0.29, 0.717) is 0 Å². The SMILES string of the molecule is c1ccc(-c2c3ccccc3c(-c3ccc4c(c3)C3(c5ccccc5Oc5ccccc53)c3ccccc3-4)c3ccccc23)cc1. The van der Waals surface area contributed by atoms with Gasteiger partial charge >= 0.3 is 0 Å². The van der Waals surface area contributed by atoms with Gasteiger partial charge < -0.3 is 4.74 Å². The topological polar surface area (TPSA) is 9.23 Å². The molecule has 1 heterocycles. The standard InChI is InChI=1S/C45H28O/c1-2-14-29(15-3-1)43-33-17-4-6-19-35(33)44(36-20-7-5-18-34(36)43)30-26-27-32-31-16-8-9-21-37(31)45(40(32)28-30)38-22-10-12-24-41(38)46-42-25-13-11-23-39(42)45/h1-28H. The third kappa shape index (κ3) is 3.29. The predicted molar refractivity (Wildman–Crippen MR) is 190 cm³/mol. The van der Waals surface area contributed by atoms with E-state index in [2.05, 4.69) is 170 Å². The van der Waals surface area contributed by atoms with E-state index < -0.39 is 5.41 Å². The highest BCUT2D eigenvalue weighted by Gasteiger charge is 2.51. The van der Waals surface area contributed by atoms with Crippen molar-refractivity contribution in [3.63, 3.8) is 0 Å². The Morgan fingerprint density at radius 2 is 0.783 bits per heavy atom. The molecule has 0 aromatic heterocycles. The summed E-state index contributed by atoms with van der Waals surface area (Å²) in [7, 11) is 0. The van der Waals surface area contributed by atoms with Crippen molar-refractivity contribution in [1.29, 1.82) is 0 Å². The van der Waals surface area contributed by atoms with Crippen LogP contribution in [0.25, 0.3) is 54.9 Å². The zero-order valence-corrected chi connectivity index (χ0v) is 25.1. The van der Waals surface area contributed by atoms with Crippen molar-refractivity contribution >= 4 is 21.5 Å². The fraction of sp³-hybridized carbons (Fsp3) is 0.0222. The molecule has 0 fully saturated rings. The first-order chi connectivity index (χ1) is 22.8. The number of para-hydroxylation sites is 2. The van der Waals surface area contributed by atoms with Gasteiger partial charge in [0.1, 0.15) is 11.5 Å². The molecule has 46 heavy (non-hydrogen) atoms. The average Bonchev–Trinajstić information content (AvgIpc) is 3.41. The van der Waals surface area contributed by atoms with Crippen LogP contribution in [0.1, 0.15) is 22.3 Å². The first kappa shape index (κ1) is 25.4. The molecule has 1 spiro atoms. The molecule has 214 valence electrons. The van der Waals surface area contributed by atoms with Crippen LogP contribution in [0.2, 0.25) is 0 Å². The second-order valence-electron chi connectivity index (χ2n) is 12.4. The molecule has 8 aromatic carbocycles. The summed E-state index contributed by atoms with van der Waals surface area (Å²) in [4.78, 5) is 0. The fourth-order valence-corrected chi connectivity index (χ4v) is 8.36. The largest absolute Gasteiger partial charge is 0.457 e. The highest BCUT2D eigenvalue weighted by atomic mass is 16.5. The molecule has 0 amide bonds. The highest BCUT2D eigenvalue weighted by molar-refractivity contribution is 6.21. The number of ether oxygens (including phenoxy) is 1. The van der Waals surface area contributed by atoms with Gasteiger partial charge in [-0.1, -0.05) is 152 Å². The molecule has 10 rings (SSSR count). The zero-order chi connectivity index (χ0) is 30.2. The number of benzene rings is 8. The molecule has 1 aliphatic heterocycles. The van der Waals surface area contributed by atoms with Gasteiger partial charge in [0.05, 0.1) is 5.41 Å². The maximum Gasteiger partial charge on any atom is 0.132 e. The Labute approximate surface area is 268 Å². The van der Waals surface area contributed by atoms with Crippen LogP contribution in [0.5, 0.6) is 11.5 Å². The van der Waals surface area contributed by atoms with Crippen molar-refractivity contribution in [3.8, 4) is 44.9 Å². The van der Waals surface area contributed by atoms with Crippen LogP contribution in [-0.4, -0.2) is 0 Å². The number of hydrogen-bond donors (Lipinski definition) is 0. The van der Waals surface area contributed by atoms with Crippen molar-refractivity contribution in [3.05, 3.63) is 192 Å². The van der Waals surface area contributed by atoms with Crippen molar-refractivity contribution in [2.75, 3.05) is 0 Å². The molecule has 0 bridgehead atoms. The normalized spacial score (nSPS) is 13.6. The zero-order valence-electron chi connectivity index (χ0n) is 25.1. The van der Waals surface area contributed by atoms with Crippen LogP contribution in [-0.2, 0) is 5.41 Å².